The lowest BCUT2D eigenvalue weighted by Crippen LogP contribution is -2.09. The van der Waals surface area contributed by atoms with Crippen LogP contribution >= 0.6 is 11.9 Å². The van der Waals surface area contributed by atoms with Gasteiger partial charge in [-0.25, -0.2) is 4.98 Å². The third-order valence-corrected chi connectivity index (χ3v) is 2.43. The summed E-state index contributed by atoms with van der Waals surface area (Å²) in [4.78, 5) is 4.30. The normalized spacial score (nSPS) is 9.38. The molecule has 4 heteroatoms. The third kappa shape index (κ3) is 2.13. The van der Waals surface area contributed by atoms with Crippen LogP contribution < -0.4 is 4.31 Å². The predicted molar refractivity (Wildman–Crippen MR) is 55.6 cm³/mol. The molecule has 0 N–H and O–H groups in total. The predicted octanol–water partition coefficient (Wildman–Crippen LogP) is 1.98. The largest absolute Gasteiger partial charge is 0.303 e. The number of nitriles is 1. The summed E-state index contributed by atoms with van der Waals surface area (Å²) in [6, 6.07) is 5.76. The molecule has 0 aliphatic rings. The Morgan fingerprint density at radius 1 is 1.54 bits per heavy atom. The van der Waals surface area contributed by atoms with Crippen molar-refractivity contribution in [1.29, 1.82) is 5.26 Å². The van der Waals surface area contributed by atoms with Crippen molar-refractivity contribution < 1.29 is 0 Å². The van der Waals surface area contributed by atoms with E-state index in [1.165, 1.54) is 11.9 Å². The Hall–Kier alpha value is -1.21. The average Bonchev–Trinajstić information content (AvgIpc) is 2.16. The van der Waals surface area contributed by atoms with Crippen molar-refractivity contribution in [2.75, 3.05) is 17.6 Å². The van der Waals surface area contributed by atoms with Gasteiger partial charge in [-0.2, -0.15) is 5.26 Å². The topological polar surface area (TPSA) is 39.9 Å². The number of aryl methyl sites for hydroxylation is 1. The molecule has 0 aliphatic heterocycles. The lowest BCUT2D eigenvalue weighted by Gasteiger charge is -2.15. The maximum Gasteiger partial charge on any atom is 0.156 e. The van der Waals surface area contributed by atoms with E-state index in [1.807, 2.05) is 30.6 Å². The molecule has 3 nitrogen and oxygen atoms in total. The van der Waals surface area contributed by atoms with Crippen LogP contribution in [-0.2, 0) is 0 Å². The van der Waals surface area contributed by atoms with E-state index >= 15 is 0 Å². The minimum atomic E-state index is 0.613. The number of nitrogens with zero attached hydrogens (tertiary/aromatic N) is 3. The molecule has 0 unspecified atom stereocenters. The summed E-state index contributed by atoms with van der Waals surface area (Å²) in [6.45, 7) is 1.92. The molecule has 0 atom stereocenters. The number of anilines is 1. The summed E-state index contributed by atoms with van der Waals surface area (Å²) >= 11 is 1.54. The summed E-state index contributed by atoms with van der Waals surface area (Å²) in [5.74, 6) is 0.731. The first-order valence-electron chi connectivity index (χ1n) is 3.84. The first kappa shape index (κ1) is 9.87. The summed E-state index contributed by atoms with van der Waals surface area (Å²) in [6.07, 6.45) is 1.95. The Bertz CT molecular complexity index is 343. The molecule has 0 aliphatic carbocycles. The van der Waals surface area contributed by atoms with Crippen LogP contribution in [0.1, 0.15) is 11.3 Å². The summed E-state index contributed by atoms with van der Waals surface area (Å²) in [7, 11) is 1.90. The Balaban J connectivity index is 3.17. The van der Waals surface area contributed by atoms with Crippen LogP contribution in [-0.4, -0.2) is 18.3 Å². The minimum absolute atomic E-state index is 0.613. The van der Waals surface area contributed by atoms with Gasteiger partial charge in [0.1, 0.15) is 6.07 Å². The highest BCUT2D eigenvalue weighted by Crippen LogP contribution is 2.20. The first-order chi connectivity index (χ1) is 6.19. The molecular formula is C9H11N3S. The number of hydrogen-bond donors (Lipinski definition) is 0. The highest BCUT2D eigenvalue weighted by molar-refractivity contribution is 7.99. The van der Waals surface area contributed by atoms with E-state index in [0.29, 0.717) is 5.56 Å². The molecule has 1 aromatic rings. The Labute approximate surface area is 82.5 Å². The molecule has 0 aromatic carbocycles. The van der Waals surface area contributed by atoms with Gasteiger partial charge in [-0.15, -0.1) is 0 Å². The molecule has 0 spiro atoms. The first-order valence-corrected chi connectivity index (χ1v) is 5.02. The second kappa shape index (κ2) is 4.15. The van der Waals surface area contributed by atoms with E-state index in [9.17, 15) is 0 Å². The summed E-state index contributed by atoms with van der Waals surface area (Å²) in [5, 5.41) is 8.83. The SMILES string of the molecule is CSN(C)c1nc(C)ccc1C#N. The minimum Gasteiger partial charge on any atom is -0.303 e. The Morgan fingerprint density at radius 3 is 2.77 bits per heavy atom. The molecule has 1 heterocycles. The van der Waals surface area contributed by atoms with E-state index < -0.39 is 0 Å². The molecule has 0 saturated carbocycles. The molecule has 0 radical (unpaired) electrons. The van der Waals surface area contributed by atoms with E-state index in [4.69, 9.17) is 5.26 Å². The second-order valence-corrected chi connectivity index (χ2v) is 3.53. The van der Waals surface area contributed by atoms with Crippen molar-refractivity contribution in [3.8, 4) is 6.07 Å². The van der Waals surface area contributed by atoms with Gasteiger partial charge in [0.2, 0.25) is 0 Å². The van der Waals surface area contributed by atoms with Crippen molar-refractivity contribution in [1.82, 2.24) is 4.98 Å². The molecule has 1 aromatic heterocycles. The highest BCUT2D eigenvalue weighted by atomic mass is 32.2. The molecule has 0 bridgehead atoms. The zero-order valence-corrected chi connectivity index (χ0v) is 8.72. The van der Waals surface area contributed by atoms with Crippen molar-refractivity contribution >= 4 is 17.8 Å². The summed E-state index contributed by atoms with van der Waals surface area (Å²) in [5.41, 5.74) is 1.54. The van der Waals surface area contributed by atoms with Crippen LogP contribution in [0.3, 0.4) is 0 Å². The van der Waals surface area contributed by atoms with Gasteiger partial charge in [-0.3, -0.25) is 0 Å². The van der Waals surface area contributed by atoms with Gasteiger partial charge in [0.05, 0.1) is 5.56 Å². The quantitative estimate of drug-likeness (QED) is 0.673. The van der Waals surface area contributed by atoms with Gasteiger partial charge in [0.15, 0.2) is 5.82 Å². The van der Waals surface area contributed by atoms with E-state index in [2.05, 4.69) is 11.1 Å². The molecule has 0 amide bonds. The van der Waals surface area contributed by atoms with Crippen molar-refractivity contribution in [3.63, 3.8) is 0 Å². The third-order valence-electron chi connectivity index (χ3n) is 1.71. The van der Waals surface area contributed by atoms with E-state index in [-0.39, 0.29) is 0 Å². The van der Waals surface area contributed by atoms with Gasteiger partial charge in [0.25, 0.3) is 0 Å². The lowest BCUT2D eigenvalue weighted by atomic mass is 10.2. The fourth-order valence-corrected chi connectivity index (χ4v) is 1.27. The Morgan fingerprint density at radius 2 is 2.23 bits per heavy atom. The van der Waals surface area contributed by atoms with Crippen LogP contribution in [0.4, 0.5) is 5.82 Å². The van der Waals surface area contributed by atoms with Crippen LogP contribution in [0.5, 0.6) is 0 Å². The zero-order valence-electron chi connectivity index (χ0n) is 7.90. The number of rotatable bonds is 2. The van der Waals surface area contributed by atoms with Gasteiger partial charge < -0.3 is 4.31 Å². The molecule has 0 fully saturated rings. The van der Waals surface area contributed by atoms with Crippen LogP contribution in [0.25, 0.3) is 0 Å². The van der Waals surface area contributed by atoms with Gasteiger partial charge in [0, 0.05) is 19.0 Å². The molecule has 1 rings (SSSR count). The van der Waals surface area contributed by atoms with Crippen LogP contribution in [0.2, 0.25) is 0 Å². The maximum atomic E-state index is 8.83. The monoisotopic (exact) mass is 193 g/mol. The fraction of sp³-hybridized carbons (Fsp3) is 0.333. The van der Waals surface area contributed by atoms with Gasteiger partial charge >= 0.3 is 0 Å². The van der Waals surface area contributed by atoms with Crippen molar-refractivity contribution in [2.45, 2.75) is 6.92 Å². The number of pyridine rings is 1. The second-order valence-electron chi connectivity index (χ2n) is 2.62. The van der Waals surface area contributed by atoms with Crippen LogP contribution in [0.15, 0.2) is 12.1 Å². The fourth-order valence-electron chi connectivity index (χ4n) is 0.957. The van der Waals surface area contributed by atoms with Crippen molar-refractivity contribution in [2.24, 2.45) is 0 Å². The molecule has 13 heavy (non-hydrogen) atoms. The van der Waals surface area contributed by atoms with E-state index in [0.717, 1.165) is 11.5 Å². The van der Waals surface area contributed by atoms with Crippen LogP contribution in [0, 0.1) is 18.3 Å². The van der Waals surface area contributed by atoms with Gasteiger partial charge in [-0.05, 0) is 19.1 Å². The lowest BCUT2D eigenvalue weighted by molar-refractivity contribution is 1.14. The Kier molecular flexibility index (Phi) is 3.15. The smallest absolute Gasteiger partial charge is 0.156 e. The van der Waals surface area contributed by atoms with Gasteiger partial charge in [-0.1, -0.05) is 11.9 Å². The highest BCUT2D eigenvalue weighted by Gasteiger charge is 2.07. The maximum absolute atomic E-state index is 8.83. The number of hydrogen-bond acceptors (Lipinski definition) is 4. The average molecular weight is 193 g/mol. The molecule has 68 valence electrons. The van der Waals surface area contributed by atoms with Crippen molar-refractivity contribution in [3.05, 3.63) is 23.4 Å². The number of aromatic nitrogens is 1. The molecule has 0 saturated heterocycles. The zero-order chi connectivity index (χ0) is 9.84. The van der Waals surface area contributed by atoms with E-state index in [1.54, 1.807) is 6.07 Å². The standard InChI is InChI=1S/C9H11N3S/c1-7-4-5-8(6-10)9(11-7)12(2)13-3/h4-5H,1-3H3. The summed E-state index contributed by atoms with van der Waals surface area (Å²) < 4.78 is 1.88. The molecular weight excluding hydrogens is 182 g/mol.